The van der Waals surface area contributed by atoms with E-state index in [0.29, 0.717) is 37.3 Å². The Morgan fingerprint density at radius 1 is 1.19 bits per heavy atom. The number of carbonyl (C=O) groups is 1. The van der Waals surface area contributed by atoms with E-state index < -0.39 is 48.7 Å². The second kappa shape index (κ2) is 16.3. The molecule has 14 heteroatoms. The first kappa shape index (κ1) is 33.1. The minimum Gasteiger partial charge on any atom is -0.491 e. The van der Waals surface area contributed by atoms with Crippen molar-refractivity contribution in [3.05, 3.63) is 54.1 Å². The number of ether oxygens (including phenoxy) is 2. The fraction of sp³-hybridized carbons (Fsp3) is 0.607. The van der Waals surface area contributed by atoms with Crippen molar-refractivity contribution in [3.8, 4) is 5.75 Å². The van der Waals surface area contributed by atoms with Crippen LogP contribution in [-0.2, 0) is 20.5 Å². The fourth-order valence-electron chi connectivity index (χ4n) is 4.87. The summed E-state index contributed by atoms with van der Waals surface area (Å²) in [7, 11) is 0. The average Bonchev–Trinajstić information content (AvgIpc) is 3.58. The molecule has 3 rings (SSSR count). The highest BCUT2D eigenvalue weighted by molar-refractivity contribution is 5.69. The molecular weight excluding hydrogens is 563 g/mol. The number of hydrazine groups is 1. The smallest absolute Gasteiger partial charge is 0.416 e. The summed E-state index contributed by atoms with van der Waals surface area (Å²) in [6.45, 7) is 0.641. The Labute approximate surface area is 242 Å². The molecule has 1 saturated heterocycles. The topological polar surface area (TPSA) is 144 Å². The van der Waals surface area contributed by atoms with E-state index >= 15 is 0 Å². The summed E-state index contributed by atoms with van der Waals surface area (Å²) in [5, 5.41) is 45.7. The van der Waals surface area contributed by atoms with Gasteiger partial charge in [0.15, 0.2) is 0 Å². The van der Waals surface area contributed by atoms with Crippen LogP contribution in [-0.4, -0.2) is 81.3 Å². The molecule has 0 aromatic heterocycles. The summed E-state index contributed by atoms with van der Waals surface area (Å²) in [6, 6.07) is 4.36. The van der Waals surface area contributed by atoms with Gasteiger partial charge in [-0.15, -0.1) is 5.01 Å². The zero-order valence-corrected chi connectivity index (χ0v) is 23.2. The Bertz CT molecular complexity index is 1080. The van der Waals surface area contributed by atoms with Crippen molar-refractivity contribution >= 4 is 5.97 Å². The fourth-order valence-corrected chi connectivity index (χ4v) is 4.87. The van der Waals surface area contributed by atoms with Gasteiger partial charge in [0.05, 0.1) is 30.9 Å². The van der Waals surface area contributed by atoms with E-state index in [-0.39, 0.29) is 31.1 Å². The molecule has 0 spiro atoms. The third-order valence-electron chi connectivity index (χ3n) is 7.12. The van der Waals surface area contributed by atoms with E-state index in [1.165, 1.54) is 18.2 Å². The number of rotatable bonds is 15. The maximum absolute atomic E-state index is 12.9. The summed E-state index contributed by atoms with van der Waals surface area (Å²) < 4.78 is 48.8. The molecule has 11 nitrogen and oxygen atoms in total. The Morgan fingerprint density at radius 3 is 2.69 bits per heavy atom. The van der Waals surface area contributed by atoms with E-state index in [1.807, 2.05) is 12.2 Å². The number of unbranched alkanes of at least 4 members (excludes halogenated alkanes) is 1. The minimum absolute atomic E-state index is 0.0281. The predicted molar refractivity (Wildman–Crippen MR) is 141 cm³/mol. The Kier molecular flexibility index (Phi) is 12.9. The number of aliphatic hydroxyl groups excluding tert-OH is 3. The molecule has 234 valence electrons. The molecule has 5 atom stereocenters. The first-order valence-electron chi connectivity index (χ1n) is 13.9. The number of carbonyl (C=O) groups excluding carboxylic acids is 1. The molecule has 0 unspecified atom stereocenters. The van der Waals surface area contributed by atoms with Gasteiger partial charge in [0, 0.05) is 18.8 Å². The Balaban J connectivity index is 1.34. The molecule has 2 fully saturated rings. The number of hydrogen-bond acceptors (Lipinski definition) is 8. The number of halogens is 3. The Hall–Kier alpha value is -3.36. The van der Waals surface area contributed by atoms with Crippen LogP contribution in [0.4, 0.5) is 13.2 Å². The molecule has 1 aromatic rings. The Morgan fingerprint density at radius 2 is 1.95 bits per heavy atom. The van der Waals surface area contributed by atoms with Gasteiger partial charge in [-0.1, -0.05) is 30.4 Å². The van der Waals surface area contributed by atoms with E-state index in [1.54, 1.807) is 11.1 Å². The number of aliphatic hydroxyl groups is 3. The van der Waals surface area contributed by atoms with Gasteiger partial charge in [-0.05, 0) is 56.2 Å². The number of benzene rings is 1. The molecule has 0 amide bonds. The maximum Gasteiger partial charge on any atom is 0.416 e. The maximum atomic E-state index is 12.9. The van der Waals surface area contributed by atoms with Crippen molar-refractivity contribution in [2.24, 2.45) is 17.1 Å². The standard InChI is InChI=1S/C28H39F3N3O8/c29-28(30,31)20-8-7-9-22(16-20)40-18-21(35)12-13-24-23(25(36)17-26(24)37)10-3-1-2-4-11-27(38)41-19-42-32-34(39)33-14-5-6-15-33/h1,3,7-9,12-13,16,21,23-26,35-37H,2,4-6,10-11,14-15,17-19H2,(H,32,39)/q+1/b3-1-,13-12+/t21-,23-,24-,25+,26-/m1/s1. The van der Waals surface area contributed by atoms with Gasteiger partial charge in [-0.25, -0.2) is 5.21 Å². The highest BCUT2D eigenvalue weighted by Gasteiger charge is 2.39. The lowest BCUT2D eigenvalue weighted by Crippen LogP contribution is -2.29. The lowest BCUT2D eigenvalue weighted by atomic mass is 9.89. The first-order chi connectivity index (χ1) is 20.0. The van der Waals surface area contributed by atoms with Crippen LogP contribution < -0.4 is 4.74 Å². The predicted octanol–water partition coefficient (Wildman–Crippen LogP) is 3.77. The molecule has 4 N–H and O–H groups in total. The molecular formula is C28H39F3N3O8+. The van der Waals surface area contributed by atoms with Crippen LogP contribution in [0.1, 0.15) is 50.5 Å². The van der Waals surface area contributed by atoms with Crippen molar-refractivity contribution in [1.29, 1.82) is 0 Å². The van der Waals surface area contributed by atoms with Crippen LogP contribution in [0.25, 0.3) is 0 Å². The monoisotopic (exact) mass is 602 g/mol. The third-order valence-corrected chi connectivity index (χ3v) is 7.12. The second-order valence-electron chi connectivity index (χ2n) is 10.3. The molecule has 1 heterocycles. The highest BCUT2D eigenvalue weighted by atomic mass is 19.4. The molecule has 1 saturated carbocycles. The van der Waals surface area contributed by atoms with Crippen molar-refractivity contribution in [2.45, 2.75) is 69.4 Å². The number of alkyl halides is 3. The van der Waals surface area contributed by atoms with Crippen LogP contribution in [0.3, 0.4) is 0 Å². The van der Waals surface area contributed by atoms with Gasteiger partial charge >= 0.3 is 12.1 Å². The van der Waals surface area contributed by atoms with Crippen LogP contribution >= 0.6 is 0 Å². The summed E-state index contributed by atoms with van der Waals surface area (Å²) in [5.41, 5.74) is -0.853. The van der Waals surface area contributed by atoms with Gasteiger partial charge in [0.2, 0.25) is 0 Å². The van der Waals surface area contributed by atoms with Crippen LogP contribution in [0.15, 0.2) is 53.8 Å². The van der Waals surface area contributed by atoms with Gasteiger partial charge in [-0.2, -0.15) is 13.2 Å². The molecule has 1 aliphatic carbocycles. The third kappa shape index (κ3) is 10.8. The number of esters is 1. The first-order valence-corrected chi connectivity index (χ1v) is 13.9. The molecule has 42 heavy (non-hydrogen) atoms. The summed E-state index contributed by atoms with van der Waals surface area (Å²) in [5.74, 6) is -1.24. The van der Waals surface area contributed by atoms with Gasteiger partial charge in [0.1, 0.15) is 18.5 Å². The van der Waals surface area contributed by atoms with Crippen LogP contribution in [0.2, 0.25) is 0 Å². The second-order valence-corrected chi connectivity index (χ2v) is 10.3. The zero-order chi connectivity index (χ0) is 30.5. The van der Waals surface area contributed by atoms with Crippen molar-refractivity contribution in [2.75, 3.05) is 26.5 Å². The van der Waals surface area contributed by atoms with E-state index in [9.17, 15) is 38.5 Å². The normalized spacial score (nSPS) is 24.0. The van der Waals surface area contributed by atoms with Crippen LogP contribution in [0.5, 0.6) is 5.75 Å². The lowest BCUT2D eigenvalue weighted by Gasteiger charge is -2.19. The van der Waals surface area contributed by atoms with Gasteiger partial charge in [-0.3, -0.25) is 9.63 Å². The molecule has 1 aliphatic heterocycles. The SMILES string of the molecule is O=C(CCC/C=C\C[C@@H]1[C@@H](/C=C/[C@@H](O)COc2cccc(C(F)(F)F)c2)[C@H](O)C[C@@H]1O)OCO/N=[N+](\O)N1CCCC1. The van der Waals surface area contributed by atoms with E-state index in [4.69, 9.17) is 14.3 Å². The van der Waals surface area contributed by atoms with Crippen molar-refractivity contribution in [1.82, 2.24) is 5.01 Å². The van der Waals surface area contributed by atoms with Gasteiger partial charge in [0.25, 0.3) is 17.0 Å². The summed E-state index contributed by atoms with van der Waals surface area (Å²) in [4.78, 5) is 17.2. The zero-order valence-electron chi connectivity index (χ0n) is 23.2. The van der Waals surface area contributed by atoms with Crippen molar-refractivity contribution in [3.63, 3.8) is 0 Å². The molecule has 1 aromatic carbocycles. The quantitative estimate of drug-likeness (QED) is 0.0449. The number of nitrogens with zero attached hydrogens (tertiary/aromatic N) is 3. The largest absolute Gasteiger partial charge is 0.491 e. The van der Waals surface area contributed by atoms with Crippen LogP contribution in [0, 0.1) is 11.8 Å². The van der Waals surface area contributed by atoms with E-state index in [2.05, 4.69) is 5.28 Å². The molecule has 2 aliphatic rings. The number of hydrogen-bond donors (Lipinski definition) is 4. The summed E-state index contributed by atoms with van der Waals surface area (Å²) in [6.07, 6.45) is 3.33. The highest BCUT2D eigenvalue weighted by Crippen LogP contribution is 2.36. The lowest BCUT2D eigenvalue weighted by molar-refractivity contribution is -0.939. The molecule has 0 bridgehead atoms. The molecule has 0 radical (unpaired) electrons. The summed E-state index contributed by atoms with van der Waals surface area (Å²) >= 11 is 0. The minimum atomic E-state index is -4.50. The average molecular weight is 603 g/mol. The number of allylic oxidation sites excluding steroid dienone is 2. The van der Waals surface area contributed by atoms with Gasteiger partial charge < -0.3 is 24.8 Å². The van der Waals surface area contributed by atoms with Crippen molar-refractivity contribution < 1.29 is 57.8 Å². The van der Waals surface area contributed by atoms with E-state index in [0.717, 1.165) is 25.0 Å².